The maximum absolute atomic E-state index is 2.41. The van der Waals surface area contributed by atoms with Crippen LogP contribution in [0, 0.1) is 0 Å². The number of hydrogen-bond donors (Lipinski definition) is 0. The third-order valence-corrected chi connectivity index (χ3v) is 9.21. The molecule has 0 aliphatic carbocycles. The second-order valence-electron chi connectivity index (χ2n) is 11.7. The highest BCUT2D eigenvalue weighted by Crippen LogP contribution is 2.47. The summed E-state index contributed by atoms with van der Waals surface area (Å²) in [5.41, 5.74) is 7.52. The van der Waals surface area contributed by atoms with E-state index < -0.39 is 0 Å². The van der Waals surface area contributed by atoms with Crippen molar-refractivity contribution in [1.82, 2.24) is 0 Å². The van der Waals surface area contributed by atoms with Gasteiger partial charge < -0.3 is 0 Å². The summed E-state index contributed by atoms with van der Waals surface area (Å²) < 4.78 is 0. The number of hydrogen-bond acceptors (Lipinski definition) is 0. The highest BCUT2D eigenvalue weighted by Gasteiger charge is 2.19. The van der Waals surface area contributed by atoms with E-state index in [-0.39, 0.29) is 0 Å². The van der Waals surface area contributed by atoms with Crippen molar-refractivity contribution >= 4 is 53.9 Å². The van der Waals surface area contributed by atoms with Gasteiger partial charge in [-0.2, -0.15) is 0 Å². The van der Waals surface area contributed by atoms with Crippen molar-refractivity contribution in [2.24, 2.45) is 0 Å². The average molecular weight is 557 g/mol. The molecule has 0 heteroatoms. The van der Waals surface area contributed by atoms with Crippen LogP contribution in [0.25, 0.3) is 87.2 Å². The Morgan fingerprint density at radius 1 is 0.227 bits per heavy atom. The third kappa shape index (κ3) is 3.85. The zero-order valence-electron chi connectivity index (χ0n) is 24.2. The van der Waals surface area contributed by atoms with E-state index in [1.54, 1.807) is 0 Å². The standard InChI is InChI=1S/C44H28/c1-2-11-29(12-3-1)33-15-10-16-34(27-33)42-38-19-8-9-20-39(38)43(44-37-18-7-5-14-31(37)25-26-40(42)44)35-24-23-32-22-21-30-13-4-6-17-36(30)41(32)28-35/h1-28H. The summed E-state index contributed by atoms with van der Waals surface area (Å²) in [6, 6.07) is 62.4. The molecule has 9 aromatic rings. The zero-order valence-corrected chi connectivity index (χ0v) is 24.2. The van der Waals surface area contributed by atoms with Crippen molar-refractivity contribution in [2.45, 2.75) is 0 Å². The minimum absolute atomic E-state index is 1.23. The van der Waals surface area contributed by atoms with Crippen molar-refractivity contribution in [2.75, 3.05) is 0 Å². The summed E-state index contributed by atoms with van der Waals surface area (Å²) in [7, 11) is 0. The van der Waals surface area contributed by atoms with Crippen LogP contribution in [0.5, 0.6) is 0 Å². The molecule has 204 valence electrons. The molecule has 0 atom stereocenters. The van der Waals surface area contributed by atoms with Crippen molar-refractivity contribution in [1.29, 1.82) is 0 Å². The van der Waals surface area contributed by atoms with Crippen LogP contribution in [0.4, 0.5) is 0 Å². The van der Waals surface area contributed by atoms with Gasteiger partial charge in [0.25, 0.3) is 0 Å². The van der Waals surface area contributed by atoms with E-state index in [4.69, 9.17) is 0 Å². The molecular weight excluding hydrogens is 528 g/mol. The summed E-state index contributed by atoms with van der Waals surface area (Å²) >= 11 is 0. The fourth-order valence-corrected chi connectivity index (χ4v) is 7.20. The van der Waals surface area contributed by atoms with E-state index in [0.29, 0.717) is 0 Å². The van der Waals surface area contributed by atoms with Crippen LogP contribution in [-0.4, -0.2) is 0 Å². The molecule has 0 saturated carbocycles. The second-order valence-corrected chi connectivity index (χ2v) is 11.7. The average Bonchev–Trinajstić information content (AvgIpc) is 3.10. The minimum atomic E-state index is 1.23. The van der Waals surface area contributed by atoms with E-state index >= 15 is 0 Å². The summed E-state index contributed by atoms with van der Waals surface area (Å²) in [5.74, 6) is 0. The predicted octanol–water partition coefficient (Wildman–Crippen LogP) is 12.5. The van der Waals surface area contributed by atoms with Crippen LogP contribution in [-0.2, 0) is 0 Å². The van der Waals surface area contributed by atoms with Crippen LogP contribution in [0.3, 0.4) is 0 Å². The Labute approximate surface area is 256 Å². The van der Waals surface area contributed by atoms with E-state index in [9.17, 15) is 0 Å². The van der Waals surface area contributed by atoms with Gasteiger partial charge in [-0.15, -0.1) is 0 Å². The third-order valence-electron chi connectivity index (χ3n) is 9.21. The normalized spacial score (nSPS) is 11.6. The molecule has 0 fully saturated rings. The Hall–Kier alpha value is -5.72. The highest BCUT2D eigenvalue weighted by atomic mass is 14.2. The molecule has 0 aromatic heterocycles. The minimum Gasteiger partial charge on any atom is -0.0622 e. The molecule has 0 bridgehead atoms. The number of fused-ring (bicyclic) bond motifs is 7. The first-order chi connectivity index (χ1) is 21.8. The molecule has 0 aliphatic heterocycles. The fourth-order valence-electron chi connectivity index (χ4n) is 7.20. The first-order valence-corrected chi connectivity index (χ1v) is 15.3. The molecule has 0 spiro atoms. The van der Waals surface area contributed by atoms with E-state index in [0.717, 1.165) is 0 Å². The van der Waals surface area contributed by atoms with Gasteiger partial charge >= 0.3 is 0 Å². The molecule has 0 unspecified atom stereocenters. The van der Waals surface area contributed by atoms with Crippen molar-refractivity contribution in [3.05, 3.63) is 170 Å². The maximum Gasteiger partial charge on any atom is -0.00141 e. The summed E-state index contributed by atoms with van der Waals surface area (Å²) in [5, 5.41) is 12.8. The predicted molar refractivity (Wildman–Crippen MR) is 190 cm³/mol. The fraction of sp³-hybridized carbons (Fsp3) is 0. The molecule has 0 N–H and O–H groups in total. The van der Waals surface area contributed by atoms with Crippen LogP contribution >= 0.6 is 0 Å². The van der Waals surface area contributed by atoms with Gasteiger partial charge in [-0.05, 0) is 99.4 Å². The Kier molecular flexibility index (Phi) is 5.61. The molecule has 0 amide bonds. The lowest BCUT2D eigenvalue weighted by Gasteiger charge is -2.20. The van der Waals surface area contributed by atoms with E-state index in [1.165, 1.54) is 87.2 Å². The van der Waals surface area contributed by atoms with Gasteiger partial charge in [0.05, 0.1) is 0 Å². The van der Waals surface area contributed by atoms with Crippen molar-refractivity contribution in [3.8, 4) is 33.4 Å². The Morgan fingerprint density at radius 2 is 0.750 bits per heavy atom. The van der Waals surface area contributed by atoms with Gasteiger partial charge in [-0.3, -0.25) is 0 Å². The zero-order chi connectivity index (χ0) is 29.0. The lowest BCUT2D eigenvalue weighted by atomic mass is 9.83. The first kappa shape index (κ1) is 24.8. The lowest BCUT2D eigenvalue weighted by molar-refractivity contribution is 1.61. The molecule has 0 aliphatic rings. The monoisotopic (exact) mass is 556 g/mol. The SMILES string of the molecule is c1ccc(-c2cccc(-c3c4ccccc4c(-c4ccc5ccc6ccccc6c5c4)c4c3ccc3ccccc34)c2)cc1. The molecule has 44 heavy (non-hydrogen) atoms. The van der Waals surface area contributed by atoms with Crippen molar-refractivity contribution < 1.29 is 0 Å². The molecule has 0 radical (unpaired) electrons. The summed E-state index contributed by atoms with van der Waals surface area (Å²) in [4.78, 5) is 0. The smallest absolute Gasteiger partial charge is 0.00141 e. The number of benzene rings is 9. The maximum atomic E-state index is 2.41. The van der Waals surface area contributed by atoms with Gasteiger partial charge in [-0.25, -0.2) is 0 Å². The van der Waals surface area contributed by atoms with Gasteiger partial charge in [0.1, 0.15) is 0 Å². The molecule has 9 rings (SSSR count). The molecule has 0 heterocycles. The molecule has 0 saturated heterocycles. The van der Waals surface area contributed by atoms with Crippen LogP contribution in [0.1, 0.15) is 0 Å². The Morgan fingerprint density at radius 3 is 1.55 bits per heavy atom. The Bertz CT molecular complexity index is 2540. The van der Waals surface area contributed by atoms with E-state index in [1.807, 2.05) is 0 Å². The van der Waals surface area contributed by atoms with Gasteiger partial charge in [0, 0.05) is 0 Å². The summed E-state index contributed by atoms with van der Waals surface area (Å²) in [6.45, 7) is 0. The van der Waals surface area contributed by atoms with Gasteiger partial charge in [0.2, 0.25) is 0 Å². The second kappa shape index (κ2) is 9.93. The Balaban J connectivity index is 1.43. The van der Waals surface area contributed by atoms with Crippen LogP contribution in [0.2, 0.25) is 0 Å². The van der Waals surface area contributed by atoms with Crippen LogP contribution in [0.15, 0.2) is 170 Å². The first-order valence-electron chi connectivity index (χ1n) is 15.3. The topological polar surface area (TPSA) is 0 Å². The van der Waals surface area contributed by atoms with Gasteiger partial charge in [-0.1, -0.05) is 158 Å². The largest absolute Gasteiger partial charge is 0.0622 e. The van der Waals surface area contributed by atoms with Gasteiger partial charge in [0.15, 0.2) is 0 Å². The molecule has 9 aromatic carbocycles. The van der Waals surface area contributed by atoms with Crippen LogP contribution < -0.4 is 0 Å². The summed E-state index contributed by atoms with van der Waals surface area (Å²) in [6.07, 6.45) is 0. The quantitative estimate of drug-likeness (QED) is 0.150. The molecule has 0 nitrogen and oxygen atoms in total. The van der Waals surface area contributed by atoms with E-state index in [2.05, 4.69) is 170 Å². The highest BCUT2D eigenvalue weighted by molar-refractivity contribution is 6.28. The van der Waals surface area contributed by atoms with Crippen molar-refractivity contribution in [3.63, 3.8) is 0 Å². The lowest BCUT2D eigenvalue weighted by Crippen LogP contribution is -1.92. The number of rotatable bonds is 3. The molecular formula is C44H28.